The lowest BCUT2D eigenvalue weighted by atomic mass is 9.86. The Morgan fingerprint density at radius 3 is 1.00 bits per heavy atom. The molecule has 0 atom stereocenters. The number of hydrogen-bond acceptors (Lipinski definition) is 6. The van der Waals surface area contributed by atoms with Gasteiger partial charge in [-0.3, -0.25) is 0 Å². The van der Waals surface area contributed by atoms with E-state index in [4.69, 9.17) is 30.6 Å². The fourth-order valence-corrected chi connectivity index (χ4v) is 0.918. The molecule has 25 heavy (non-hydrogen) atoms. The van der Waals surface area contributed by atoms with Gasteiger partial charge in [0, 0.05) is 23.6 Å². The van der Waals surface area contributed by atoms with E-state index in [2.05, 4.69) is 19.7 Å². The van der Waals surface area contributed by atoms with Gasteiger partial charge < -0.3 is 30.6 Å². The largest absolute Gasteiger partial charge is 0.478 e. The summed E-state index contributed by atoms with van der Waals surface area (Å²) in [5.74, 6) is -2.94. The third kappa shape index (κ3) is 30.0. The quantitative estimate of drug-likeness (QED) is 0.336. The standard InChI is InChI=1S/C7H16O3.3C3H4O2/c1-2-3-7(4-8,5-9)6-10;3*1-2-3(4)5/h8-10H,2-6H2,1H3;3*2H,1H2,(H,4,5). The summed E-state index contributed by atoms with van der Waals surface area (Å²) in [6, 6.07) is 0. The number of aliphatic hydroxyl groups excluding tert-OH is 3. The Morgan fingerprint density at radius 2 is 0.960 bits per heavy atom. The Hall–Kier alpha value is -2.49. The van der Waals surface area contributed by atoms with Gasteiger partial charge in [0.1, 0.15) is 0 Å². The van der Waals surface area contributed by atoms with Crippen molar-refractivity contribution in [2.24, 2.45) is 5.41 Å². The summed E-state index contributed by atoms with van der Waals surface area (Å²) in [4.78, 5) is 27.8. The van der Waals surface area contributed by atoms with Crippen LogP contribution in [0.25, 0.3) is 0 Å². The van der Waals surface area contributed by atoms with Crippen molar-refractivity contribution in [2.75, 3.05) is 19.8 Å². The molecule has 0 rings (SSSR count). The minimum Gasteiger partial charge on any atom is -0.478 e. The van der Waals surface area contributed by atoms with Crippen molar-refractivity contribution < 1.29 is 45.0 Å². The monoisotopic (exact) mass is 364 g/mol. The molecule has 0 saturated carbocycles. The van der Waals surface area contributed by atoms with Gasteiger partial charge in [0.25, 0.3) is 0 Å². The van der Waals surface area contributed by atoms with Gasteiger partial charge in [-0.25, -0.2) is 14.4 Å². The lowest BCUT2D eigenvalue weighted by molar-refractivity contribution is -0.132. The first-order chi connectivity index (χ1) is 11.6. The lowest BCUT2D eigenvalue weighted by Gasteiger charge is -2.26. The van der Waals surface area contributed by atoms with Crippen LogP contribution in [0.5, 0.6) is 0 Å². The molecule has 0 aliphatic heterocycles. The van der Waals surface area contributed by atoms with Crippen LogP contribution in [-0.2, 0) is 14.4 Å². The summed E-state index contributed by atoms with van der Waals surface area (Å²) < 4.78 is 0. The van der Waals surface area contributed by atoms with Gasteiger partial charge in [-0.15, -0.1) is 0 Å². The molecular weight excluding hydrogens is 336 g/mol. The number of hydrogen-bond donors (Lipinski definition) is 6. The van der Waals surface area contributed by atoms with Crippen molar-refractivity contribution in [3.63, 3.8) is 0 Å². The molecule has 146 valence electrons. The van der Waals surface area contributed by atoms with Crippen LogP contribution in [0.1, 0.15) is 19.8 Å². The highest BCUT2D eigenvalue weighted by atomic mass is 16.4. The van der Waals surface area contributed by atoms with Gasteiger partial charge >= 0.3 is 17.9 Å². The molecule has 0 aliphatic rings. The maximum absolute atomic E-state index is 9.25. The van der Waals surface area contributed by atoms with Gasteiger partial charge in [0.05, 0.1) is 19.8 Å². The van der Waals surface area contributed by atoms with Crippen LogP contribution in [0.3, 0.4) is 0 Å². The van der Waals surface area contributed by atoms with E-state index >= 15 is 0 Å². The smallest absolute Gasteiger partial charge is 0.327 e. The minimum atomic E-state index is -0.981. The van der Waals surface area contributed by atoms with Crippen molar-refractivity contribution in [2.45, 2.75) is 19.8 Å². The summed E-state index contributed by atoms with van der Waals surface area (Å²) in [5, 5.41) is 49.2. The van der Waals surface area contributed by atoms with Crippen LogP contribution in [0.15, 0.2) is 38.0 Å². The van der Waals surface area contributed by atoms with Crippen molar-refractivity contribution in [1.82, 2.24) is 0 Å². The molecule has 0 saturated heterocycles. The summed E-state index contributed by atoms with van der Waals surface area (Å²) in [6.45, 7) is 10.4. The lowest BCUT2D eigenvalue weighted by Crippen LogP contribution is -2.33. The zero-order chi connectivity index (χ0) is 20.9. The molecule has 0 amide bonds. The van der Waals surface area contributed by atoms with Crippen LogP contribution >= 0.6 is 0 Å². The number of aliphatic hydroxyl groups is 3. The number of carboxylic acid groups (broad SMARTS) is 3. The van der Waals surface area contributed by atoms with E-state index in [1.807, 2.05) is 6.92 Å². The summed E-state index contributed by atoms with van der Waals surface area (Å²) >= 11 is 0. The minimum absolute atomic E-state index is 0.145. The highest BCUT2D eigenvalue weighted by molar-refractivity contribution is 5.79. The first-order valence-electron chi connectivity index (χ1n) is 6.94. The predicted octanol–water partition coefficient (Wildman–Crippen LogP) is 0.521. The topological polar surface area (TPSA) is 173 Å². The Morgan fingerprint density at radius 1 is 0.760 bits per heavy atom. The highest BCUT2D eigenvalue weighted by Gasteiger charge is 2.26. The molecule has 0 unspecified atom stereocenters. The average molecular weight is 364 g/mol. The number of carboxylic acids is 3. The molecule has 0 radical (unpaired) electrons. The van der Waals surface area contributed by atoms with Crippen LogP contribution in [0.2, 0.25) is 0 Å². The first kappa shape index (κ1) is 30.4. The van der Waals surface area contributed by atoms with E-state index in [-0.39, 0.29) is 19.8 Å². The number of rotatable bonds is 8. The molecule has 9 nitrogen and oxygen atoms in total. The molecule has 0 aromatic heterocycles. The number of aliphatic carboxylic acids is 3. The van der Waals surface area contributed by atoms with E-state index in [1.165, 1.54) is 0 Å². The van der Waals surface area contributed by atoms with Crippen LogP contribution < -0.4 is 0 Å². The normalized spacial score (nSPS) is 8.64. The van der Waals surface area contributed by atoms with Crippen molar-refractivity contribution in [1.29, 1.82) is 0 Å². The second-order valence-corrected chi connectivity index (χ2v) is 4.35. The van der Waals surface area contributed by atoms with E-state index in [0.29, 0.717) is 6.42 Å². The summed E-state index contributed by atoms with van der Waals surface area (Å²) in [6.07, 6.45) is 4.03. The number of carbonyl (C=O) groups is 3. The van der Waals surface area contributed by atoms with E-state index in [1.54, 1.807) is 0 Å². The zero-order valence-electron chi connectivity index (χ0n) is 14.3. The van der Waals surface area contributed by atoms with Crippen LogP contribution in [0.4, 0.5) is 0 Å². The fourth-order valence-electron chi connectivity index (χ4n) is 0.918. The SMILES string of the molecule is C=CC(=O)O.C=CC(=O)O.C=CC(=O)O.CCCC(CO)(CO)CO. The third-order valence-electron chi connectivity index (χ3n) is 2.31. The zero-order valence-corrected chi connectivity index (χ0v) is 14.3. The molecule has 0 aromatic carbocycles. The Kier molecular flexibility index (Phi) is 26.2. The predicted molar refractivity (Wildman–Crippen MR) is 92.1 cm³/mol. The van der Waals surface area contributed by atoms with Gasteiger partial charge in [-0.1, -0.05) is 33.1 Å². The second kappa shape index (κ2) is 21.5. The molecule has 0 aliphatic carbocycles. The molecule has 0 fully saturated rings. The summed E-state index contributed by atoms with van der Waals surface area (Å²) in [5.41, 5.74) is -0.658. The Bertz CT molecular complexity index is 347. The van der Waals surface area contributed by atoms with E-state index in [0.717, 1.165) is 24.6 Å². The summed E-state index contributed by atoms with van der Waals surface area (Å²) in [7, 11) is 0. The van der Waals surface area contributed by atoms with Gasteiger partial charge in [-0.2, -0.15) is 0 Å². The molecule has 6 N–H and O–H groups in total. The Labute approximate surface area is 146 Å². The van der Waals surface area contributed by atoms with Crippen LogP contribution in [-0.4, -0.2) is 68.4 Å². The molecule has 0 aromatic rings. The first-order valence-corrected chi connectivity index (χ1v) is 6.94. The van der Waals surface area contributed by atoms with E-state index in [9.17, 15) is 14.4 Å². The molecule has 0 heterocycles. The average Bonchev–Trinajstić information content (AvgIpc) is 2.61. The van der Waals surface area contributed by atoms with Crippen LogP contribution in [0, 0.1) is 5.41 Å². The Balaban J connectivity index is -0.000000126. The fraction of sp³-hybridized carbons (Fsp3) is 0.438. The maximum Gasteiger partial charge on any atom is 0.327 e. The third-order valence-corrected chi connectivity index (χ3v) is 2.31. The molecule has 0 spiro atoms. The highest BCUT2D eigenvalue weighted by Crippen LogP contribution is 2.21. The van der Waals surface area contributed by atoms with Gasteiger partial charge in [0.2, 0.25) is 0 Å². The van der Waals surface area contributed by atoms with E-state index < -0.39 is 23.3 Å². The van der Waals surface area contributed by atoms with Crippen molar-refractivity contribution >= 4 is 17.9 Å². The second-order valence-electron chi connectivity index (χ2n) is 4.35. The van der Waals surface area contributed by atoms with Gasteiger partial charge in [-0.05, 0) is 6.42 Å². The van der Waals surface area contributed by atoms with Gasteiger partial charge in [0.15, 0.2) is 0 Å². The molecular formula is C16H28O9. The van der Waals surface area contributed by atoms with Crippen molar-refractivity contribution in [3.8, 4) is 0 Å². The molecule has 9 heteroatoms. The van der Waals surface area contributed by atoms with Crippen molar-refractivity contribution in [3.05, 3.63) is 38.0 Å². The molecule has 0 bridgehead atoms. The maximum atomic E-state index is 9.25.